The van der Waals surface area contributed by atoms with Crippen LogP contribution in [0.4, 0.5) is 45.5 Å². The van der Waals surface area contributed by atoms with E-state index in [4.69, 9.17) is 29.9 Å². The van der Waals surface area contributed by atoms with Crippen LogP contribution in [0.3, 0.4) is 0 Å². The van der Waals surface area contributed by atoms with Gasteiger partial charge in [0.05, 0.1) is 33.5 Å². The second-order valence-electron chi connectivity index (χ2n) is 18.5. The van der Waals surface area contributed by atoms with E-state index in [9.17, 15) is 0 Å². The minimum absolute atomic E-state index is 0.496. The highest BCUT2D eigenvalue weighted by atomic mass is 15.1. The number of fused-ring (bicyclic) bond motifs is 20. The number of aryl methyl sites for hydroxylation is 4. The van der Waals surface area contributed by atoms with Crippen LogP contribution in [0, 0.1) is 27.7 Å². The summed E-state index contributed by atoms with van der Waals surface area (Å²) < 4.78 is 0. The molecule has 0 spiro atoms. The molecular formula is C60H46N12. The molecule has 72 heavy (non-hydrogen) atoms. The maximum absolute atomic E-state index is 5.56. The third-order valence-corrected chi connectivity index (χ3v) is 13.3. The molecular weight excluding hydrogens is 889 g/mol. The molecule has 6 N–H and O–H groups in total. The van der Waals surface area contributed by atoms with E-state index in [2.05, 4.69) is 156 Å². The maximum Gasteiger partial charge on any atom is 0.164 e. The number of anilines is 8. The Morgan fingerprint density at radius 3 is 0.861 bits per heavy atom. The zero-order chi connectivity index (χ0) is 48.5. The molecule has 2 aliphatic heterocycles. The molecule has 0 saturated carbocycles. The predicted octanol–water partition coefficient (Wildman–Crippen LogP) is 15.1. The van der Waals surface area contributed by atoms with Gasteiger partial charge >= 0.3 is 0 Å². The van der Waals surface area contributed by atoms with Gasteiger partial charge in [0.1, 0.15) is 22.6 Å². The van der Waals surface area contributed by atoms with Gasteiger partial charge < -0.3 is 31.2 Å². The van der Waals surface area contributed by atoms with Crippen LogP contribution in [0.15, 0.2) is 170 Å². The number of nitrogens with zero attached hydrogens (tertiary/aromatic N) is 6. The first-order valence-corrected chi connectivity index (χ1v) is 24.0. The summed E-state index contributed by atoms with van der Waals surface area (Å²) in [4.78, 5) is 39.4. The molecule has 12 nitrogen and oxygen atoms in total. The number of hydrogen-bond acceptors (Lipinski definition) is 10. The van der Waals surface area contributed by atoms with Crippen molar-refractivity contribution in [1.82, 2.24) is 39.9 Å². The molecule has 0 fully saturated rings. The second kappa shape index (κ2) is 17.1. The summed E-state index contributed by atoms with van der Waals surface area (Å²) in [5, 5.41) is 19.0. The minimum atomic E-state index is 0.496. The van der Waals surface area contributed by atoms with Gasteiger partial charge in [0, 0.05) is 55.8 Å². The monoisotopic (exact) mass is 934 g/mol. The van der Waals surface area contributed by atoms with Crippen LogP contribution in [-0.4, -0.2) is 39.9 Å². The van der Waals surface area contributed by atoms with Gasteiger partial charge in [0.2, 0.25) is 0 Å². The Morgan fingerprint density at radius 1 is 0.278 bits per heavy atom. The highest BCUT2D eigenvalue weighted by Gasteiger charge is 2.28. The number of aromatic amines is 2. The Labute approximate surface area is 414 Å². The summed E-state index contributed by atoms with van der Waals surface area (Å²) in [6.45, 7) is 8.37. The van der Waals surface area contributed by atoms with Crippen LogP contribution in [0.2, 0.25) is 0 Å². The molecule has 2 aliphatic rings. The van der Waals surface area contributed by atoms with Gasteiger partial charge in [-0.05, 0) is 76.2 Å². The molecule has 3 aromatic heterocycles. The van der Waals surface area contributed by atoms with E-state index in [-0.39, 0.29) is 0 Å². The number of aromatic nitrogens is 8. The van der Waals surface area contributed by atoms with Crippen molar-refractivity contribution in [3.05, 3.63) is 192 Å². The molecule has 346 valence electrons. The van der Waals surface area contributed by atoms with E-state index in [1.807, 2.05) is 72.8 Å². The Hall–Kier alpha value is -9.68. The van der Waals surface area contributed by atoms with Crippen molar-refractivity contribution in [3.63, 3.8) is 0 Å². The van der Waals surface area contributed by atoms with Crippen molar-refractivity contribution in [3.8, 4) is 45.6 Å². The van der Waals surface area contributed by atoms with E-state index in [0.717, 1.165) is 112 Å². The van der Waals surface area contributed by atoms with Crippen molar-refractivity contribution in [2.45, 2.75) is 27.7 Å². The second-order valence-corrected chi connectivity index (χ2v) is 18.5. The maximum atomic E-state index is 5.56. The van der Waals surface area contributed by atoms with Gasteiger partial charge in [-0.3, -0.25) is 0 Å². The zero-order valence-corrected chi connectivity index (χ0v) is 39.8. The zero-order valence-electron chi connectivity index (χ0n) is 39.8. The van der Waals surface area contributed by atoms with Gasteiger partial charge in [0.15, 0.2) is 23.3 Å². The first-order chi connectivity index (χ1) is 35.3. The normalized spacial score (nSPS) is 11.6. The van der Waals surface area contributed by atoms with Gasteiger partial charge in [0.25, 0.3) is 0 Å². The molecule has 13 rings (SSSR count). The van der Waals surface area contributed by atoms with E-state index >= 15 is 0 Å². The van der Waals surface area contributed by atoms with Crippen LogP contribution in [0.25, 0.3) is 89.7 Å². The highest BCUT2D eigenvalue weighted by molar-refractivity contribution is 6.26. The van der Waals surface area contributed by atoms with Gasteiger partial charge in [-0.1, -0.05) is 144 Å². The lowest BCUT2D eigenvalue weighted by Crippen LogP contribution is -2.07. The SMILES string of the molecule is Cc1ccc(Nc2c(Nc3ccc(C)cc3)c(Nc3ccc(C)cc3)c3c4nc5nc(nc6[nH]c(nc7nc(nc([nH]4)c3c2Nc2ccc(C)cc2)-c2ccccc2-7)c2ccccc62)-c2ccccc2-5)cc1. The quantitative estimate of drug-likeness (QED) is 0.0867. The summed E-state index contributed by atoms with van der Waals surface area (Å²) >= 11 is 0. The van der Waals surface area contributed by atoms with Gasteiger partial charge in [-0.2, -0.15) is 0 Å². The molecule has 8 bridgehead atoms. The number of rotatable bonds is 8. The fraction of sp³-hybridized carbons (Fsp3) is 0.0667. The summed E-state index contributed by atoms with van der Waals surface area (Å²) in [6, 6.07) is 58.0. The van der Waals surface area contributed by atoms with Crippen LogP contribution in [0.1, 0.15) is 22.3 Å². The number of nitrogens with one attached hydrogen (secondary N) is 6. The molecule has 0 radical (unpaired) electrons. The number of benzene rings is 8. The van der Waals surface area contributed by atoms with E-state index in [0.29, 0.717) is 45.9 Å². The van der Waals surface area contributed by atoms with Crippen molar-refractivity contribution in [2.75, 3.05) is 21.3 Å². The summed E-state index contributed by atoms with van der Waals surface area (Å²) in [7, 11) is 0. The number of H-pyrrole nitrogens is 2. The van der Waals surface area contributed by atoms with Crippen LogP contribution < -0.4 is 21.3 Å². The first-order valence-electron chi connectivity index (χ1n) is 24.0. The molecule has 0 amide bonds. The third kappa shape index (κ3) is 7.58. The lowest BCUT2D eigenvalue weighted by Gasteiger charge is -2.25. The van der Waals surface area contributed by atoms with E-state index in [1.54, 1.807) is 0 Å². The highest BCUT2D eigenvalue weighted by Crippen LogP contribution is 2.52. The topological polar surface area (TPSA) is 157 Å². The molecule has 0 aliphatic carbocycles. The minimum Gasteiger partial charge on any atom is -0.353 e. The summed E-state index contributed by atoms with van der Waals surface area (Å²) in [5.74, 6) is 2.05. The van der Waals surface area contributed by atoms with E-state index < -0.39 is 0 Å². The van der Waals surface area contributed by atoms with Gasteiger partial charge in [-0.25, -0.2) is 29.9 Å². The van der Waals surface area contributed by atoms with E-state index in [1.165, 1.54) is 0 Å². The Balaban J connectivity index is 1.24. The van der Waals surface area contributed by atoms with Crippen LogP contribution in [-0.2, 0) is 0 Å². The smallest absolute Gasteiger partial charge is 0.164 e. The lowest BCUT2D eigenvalue weighted by molar-refractivity contribution is 1.19. The van der Waals surface area contributed by atoms with Crippen molar-refractivity contribution < 1.29 is 0 Å². The van der Waals surface area contributed by atoms with Gasteiger partial charge in [-0.15, -0.1) is 0 Å². The molecule has 0 atom stereocenters. The van der Waals surface area contributed by atoms with Crippen molar-refractivity contribution >= 4 is 89.6 Å². The average molecular weight is 935 g/mol. The lowest BCUT2D eigenvalue weighted by atomic mass is 10.0. The number of hydrogen-bond donors (Lipinski definition) is 6. The molecule has 5 heterocycles. The average Bonchev–Trinajstić information content (AvgIpc) is 4.14. The fourth-order valence-electron chi connectivity index (χ4n) is 9.52. The molecule has 0 saturated heterocycles. The Morgan fingerprint density at radius 2 is 0.542 bits per heavy atom. The molecule has 0 unspecified atom stereocenters. The fourth-order valence-corrected chi connectivity index (χ4v) is 9.52. The molecule has 12 heteroatoms. The first kappa shape index (κ1) is 42.4. The van der Waals surface area contributed by atoms with Crippen LogP contribution in [0.5, 0.6) is 0 Å². The molecule has 8 aromatic carbocycles. The predicted molar refractivity (Wildman–Crippen MR) is 294 cm³/mol. The standard InChI is InChI=1S/C60H46N12/c1-33-17-25-37(26-18-33)61-49-47-48(50(62-38-27-19-34(2)20-28-38)52(64-40-31-23-36(4)24-32-40)51(49)63-39-29-21-35(3)22-30-39)60-71-58-46-16-10-8-14-44(46)56(69-58)67-54-42-12-6-5-11-41(42)53(65-54)66-55-43-13-7-9-15-45(43)57(68-55)70-59(47)72-60/h5-32,61-64H,1-4H3,(H2,65,66,67,68,69,70,71,72). The Bertz CT molecular complexity index is 3860. The third-order valence-electron chi connectivity index (χ3n) is 13.3. The van der Waals surface area contributed by atoms with Crippen molar-refractivity contribution in [2.24, 2.45) is 0 Å². The Kier molecular flexibility index (Phi) is 10.1. The van der Waals surface area contributed by atoms with Crippen LogP contribution >= 0.6 is 0 Å². The largest absolute Gasteiger partial charge is 0.353 e. The summed E-state index contributed by atoms with van der Waals surface area (Å²) in [5.41, 5.74) is 16.9. The van der Waals surface area contributed by atoms with Crippen molar-refractivity contribution in [1.29, 1.82) is 0 Å². The summed E-state index contributed by atoms with van der Waals surface area (Å²) in [6.07, 6.45) is 0. The molecule has 11 aromatic rings.